The van der Waals surface area contributed by atoms with Crippen LogP contribution in [0.25, 0.3) is 0 Å². The van der Waals surface area contributed by atoms with Crippen LogP contribution in [-0.2, 0) is 6.54 Å². The van der Waals surface area contributed by atoms with Crippen molar-refractivity contribution >= 4 is 5.78 Å². The van der Waals surface area contributed by atoms with Crippen LogP contribution >= 0.6 is 0 Å². The van der Waals surface area contributed by atoms with Crippen molar-refractivity contribution in [3.05, 3.63) is 79.1 Å². The molecule has 134 valence electrons. The summed E-state index contributed by atoms with van der Waals surface area (Å²) >= 11 is 0. The Morgan fingerprint density at radius 1 is 1.31 bits per heavy atom. The van der Waals surface area contributed by atoms with E-state index in [4.69, 9.17) is 5.26 Å². The minimum Gasteiger partial charge on any atom is -0.287 e. The van der Waals surface area contributed by atoms with Gasteiger partial charge in [0.25, 0.3) is 5.56 Å². The molecule has 0 bridgehead atoms. The zero-order chi connectivity index (χ0) is 19.4. The number of aromatic nitrogens is 2. The van der Waals surface area contributed by atoms with Crippen molar-refractivity contribution in [2.45, 2.75) is 40.2 Å². The third-order valence-corrected chi connectivity index (χ3v) is 4.02. The maximum atomic E-state index is 13.2. The summed E-state index contributed by atoms with van der Waals surface area (Å²) in [5, 5.41) is 9.16. The average Bonchev–Trinajstić information content (AvgIpc) is 2.58. The first kappa shape index (κ1) is 19.1. The summed E-state index contributed by atoms with van der Waals surface area (Å²) in [5.74, 6) is -0.697. The van der Waals surface area contributed by atoms with Gasteiger partial charge >= 0.3 is 5.69 Å². The van der Waals surface area contributed by atoms with Gasteiger partial charge in [0, 0.05) is 17.7 Å². The standard InChI is InChI=1S/C20H21N3O3/c1-5-6-7-23-17(16(12(2)3)19(25)22-20(23)26)18(24)15-9-13(4)8-14(10-15)11-21/h5-6,8-10,12H,7H2,1-4H3,(H,22,25,26). The van der Waals surface area contributed by atoms with Crippen LogP contribution in [-0.4, -0.2) is 15.3 Å². The van der Waals surface area contributed by atoms with E-state index in [1.54, 1.807) is 52.0 Å². The molecule has 1 N–H and O–H groups in total. The summed E-state index contributed by atoms with van der Waals surface area (Å²) < 4.78 is 1.27. The highest BCUT2D eigenvalue weighted by Crippen LogP contribution is 2.20. The molecule has 0 aliphatic carbocycles. The van der Waals surface area contributed by atoms with Crippen molar-refractivity contribution in [3.63, 3.8) is 0 Å². The molecule has 0 saturated carbocycles. The lowest BCUT2D eigenvalue weighted by molar-refractivity contribution is 0.102. The molecule has 6 heteroatoms. The molecular formula is C20H21N3O3. The van der Waals surface area contributed by atoms with Crippen LogP contribution < -0.4 is 11.2 Å². The maximum Gasteiger partial charge on any atom is 0.329 e. The number of benzene rings is 1. The Bertz CT molecular complexity index is 1030. The van der Waals surface area contributed by atoms with Crippen molar-refractivity contribution in [3.8, 4) is 6.07 Å². The van der Waals surface area contributed by atoms with E-state index in [2.05, 4.69) is 4.98 Å². The Hall–Kier alpha value is -3.20. The molecule has 0 radical (unpaired) electrons. The fraction of sp³-hybridized carbons (Fsp3) is 0.300. The number of carbonyl (C=O) groups is 1. The van der Waals surface area contributed by atoms with Crippen LogP contribution in [0.4, 0.5) is 0 Å². The summed E-state index contributed by atoms with van der Waals surface area (Å²) in [6.45, 7) is 7.35. The average molecular weight is 351 g/mol. The zero-order valence-corrected chi connectivity index (χ0v) is 15.3. The minimum atomic E-state index is -0.631. The summed E-state index contributed by atoms with van der Waals surface area (Å²) in [6.07, 6.45) is 3.50. The largest absolute Gasteiger partial charge is 0.329 e. The van der Waals surface area contributed by atoms with E-state index in [-0.39, 0.29) is 29.3 Å². The van der Waals surface area contributed by atoms with Crippen LogP contribution in [0.2, 0.25) is 0 Å². The minimum absolute atomic E-state index is 0.0707. The number of rotatable bonds is 5. The van der Waals surface area contributed by atoms with Gasteiger partial charge in [-0.1, -0.05) is 26.0 Å². The van der Waals surface area contributed by atoms with Gasteiger partial charge in [0.2, 0.25) is 5.78 Å². The lowest BCUT2D eigenvalue weighted by Crippen LogP contribution is -2.37. The van der Waals surface area contributed by atoms with E-state index in [0.717, 1.165) is 5.56 Å². The second kappa shape index (κ2) is 7.79. The number of nitrogens with zero attached hydrogens (tertiary/aromatic N) is 2. The van der Waals surface area contributed by atoms with Gasteiger partial charge in [-0.05, 0) is 43.5 Å². The first-order chi connectivity index (χ1) is 12.3. The molecule has 2 rings (SSSR count). The molecule has 6 nitrogen and oxygen atoms in total. The molecule has 0 spiro atoms. The monoisotopic (exact) mass is 351 g/mol. The molecule has 0 aliphatic heterocycles. The van der Waals surface area contributed by atoms with Crippen LogP contribution in [0.3, 0.4) is 0 Å². The Kier molecular flexibility index (Phi) is 5.73. The van der Waals surface area contributed by atoms with Gasteiger partial charge in [-0.3, -0.25) is 19.1 Å². The second-order valence-electron chi connectivity index (χ2n) is 6.38. The van der Waals surface area contributed by atoms with E-state index in [1.807, 2.05) is 6.07 Å². The number of hydrogen-bond donors (Lipinski definition) is 1. The smallest absolute Gasteiger partial charge is 0.287 e. The van der Waals surface area contributed by atoms with Gasteiger partial charge in [-0.15, -0.1) is 0 Å². The Balaban J connectivity index is 2.83. The third kappa shape index (κ3) is 3.72. The lowest BCUT2D eigenvalue weighted by atomic mass is 9.95. The van der Waals surface area contributed by atoms with Gasteiger partial charge in [-0.2, -0.15) is 5.26 Å². The molecule has 1 heterocycles. The predicted molar refractivity (Wildman–Crippen MR) is 99.6 cm³/mol. The normalized spacial score (nSPS) is 11.1. The zero-order valence-electron chi connectivity index (χ0n) is 15.3. The SMILES string of the molecule is CC=CCn1c(C(=O)c2cc(C)cc(C#N)c2)c(C(C)C)c(=O)[nH]c1=O. The van der Waals surface area contributed by atoms with E-state index in [0.29, 0.717) is 5.56 Å². The highest BCUT2D eigenvalue weighted by atomic mass is 16.2. The fourth-order valence-electron chi connectivity index (χ4n) is 2.87. The highest BCUT2D eigenvalue weighted by molar-refractivity contribution is 6.09. The van der Waals surface area contributed by atoms with Crippen molar-refractivity contribution in [2.24, 2.45) is 0 Å². The van der Waals surface area contributed by atoms with E-state index in [9.17, 15) is 14.4 Å². The van der Waals surface area contributed by atoms with Gasteiger partial charge in [-0.25, -0.2) is 4.79 Å². The van der Waals surface area contributed by atoms with Crippen molar-refractivity contribution in [1.82, 2.24) is 9.55 Å². The highest BCUT2D eigenvalue weighted by Gasteiger charge is 2.24. The number of H-pyrrole nitrogens is 1. The number of aromatic amines is 1. The molecule has 1 aromatic heterocycles. The molecule has 0 amide bonds. The first-order valence-electron chi connectivity index (χ1n) is 8.34. The van der Waals surface area contributed by atoms with E-state index >= 15 is 0 Å². The number of hydrogen-bond acceptors (Lipinski definition) is 4. The Morgan fingerprint density at radius 3 is 2.58 bits per heavy atom. The number of nitrogens with one attached hydrogen (secondary N) is 1. The molecule has 0 fully saturated rings. The second-order valence-corrected chi connectivity index (χ2v) is 6.38. The fourth-order valence-corrected chi connectivity index (χ4v) is 2.87. The maximum absolute atomic E-state index is 13.2. The number of allylic oxidation sites excluding steroid dienone is 2. The molecule has 2 aromatic rings. The number of carbonyl (C=O) groups excluding carboxylic acids is 1. The van der Waals surface area contributed by atoms with Crippen molar-refractivity contribution in [2.75, 3.05) is 0 Å². The first-order valence-corrected chi connectivity index (χ1v) is 8.34. The molecular weight excluding hydrogens is 330 g/mol. The molecule has 0 atom stereocenters. The summed E-state index contributed by atoms with van der Waals surface area (Å²) in [5.41, 5.74) is 0.535. The Labute approximate surface area is 151 Å². The molecule has 0 aliphatic rings. The van der Waals surface area contributed by atoms with E-state index < -0.39 is 17.0 Å². The van der Waals surface area contributed by atoms with Crippen molar-refractivity contribution < 1.29 is 4.79 Å². The van der Waals surface area contributed by atoms with Crippen molar-refractivity contribution in [1.29, 1.82) is 5.26 Å². The lowest BCUT2D eigenvalue weighted by Gasteiger charge is -2.16. The van der Waals surface area contributed by atoms with Gasteiger partial charge in [0.15, 0.2) is 0 Å². The summed E-state index contributed by atoms with van der Waals surface area (Å²) in [4.78, 5) is 40.2. The van der Waals surface area contributed by atoms with Gasteiger partial charge < -0.3 is 0 Å². The quantitative estimate of drug-likeness (QED) is 0.661. The summed E-state index contributed by atoms with van der Waals surface area (Å²) in [6, 6.07) is 6.82. The van der Waals surface area contributed by atoms with Crippen LogP contribution in [0, 0.1) is 18.3 Å². The third-order valence-electron chi connectivity index (χ3n) is 4.02. The van der Waals surface area contributed by atoms with Crippen LogP contribution in [0.5, 0.6) is 0 Å². The topological polar surface area (TPSA) is 95.7 Å². The van der Waals surface area contributed by atoms with Crippen LogP contribution in [0.15, 0.2) is 39.9 Å². The predicted octanol–water partition coefficient (Wildman–Crippen LogP) is 2.65. The van der Waals surface area contributed by atoms with Crippen LogP contribution in [0.1, 0.15) is 59.4 Å². The summed E-state index contributed by atoms with van der Waals surface area (Å²) in [7, 11) is 0. The van der Waals surface area contributed by atoms with Gasteiger partial charge in [0.1, 0.15) is 5.69 Å². The Morgan fingerprint density at radius 2 is 2.00 bits per heavy atom. The number of aryl methyl sites for hydroxylation is 1. The molecule has 0 unspecified atom stereocenters. The number of ketones is 1. The molecule has 26 heavy (non-hydrogen) atoms. The van der Waals surface area contributed by atoms with E-state index in [1.165, 1.54) is 10.6 Å². The molecule has 1 aromatic carbocycles. The van der Waals surface area contributed by atoms with Gasteiger partial charge in [0.05, 0.1) is 11.6 Å². The number of nitriles is 1. The molecule has 0 saturated heterocycles.